The van der Waals surface area contributed by atoms with Crippen molar-refractivity contribution in [1.82, 2.24) is 4.98 Å². The highest BCUT2D eigenvalue weighted by atomic mass is 79.9. The Labute approximate surface area is 105 Å². The first-order valence-electron chi connectivity index (χ1n) is 4.41. The second-order valence-electron chi connectivity index (χ2n) is 3.70. The summed E-state index contributed by atoms with van der Waals surface area (Å²) in [6, 6.07) is 4.03. The van der Waals surface area contributed by atoms with Crippen LogP contribution in [0, 0.1) is 0 Å². The Hall–Kier alpha value is -0.230. The number of aliphatic hydroxyl groups is 1. The second-order valence-corrected chi connectivity index (χ2v) is 7.02. The quantitative estimate of drug-likeness (QED) is 0.914. The van der Waals surface area contributed by atoms with Gasteiger partial charge in [-0.2, -0.15) is 0 Å². The molecule has 0 unspecified atom stereocenters. The molecule has 2 nitrogen and oxygen atoms in total. The average molecular weight is 304 g/mol. The molecule has 0 spiro atoms. The van der Waals surface area contributed by atoms with Gasteiger partial charge in [-0.1, -0.05) is 0 Å². The molecule has 0 fully saturated rings. The Morgan fingerprint density at radius 3 is 2.60 bits per heavy atom. The second kappa shape index (κ2) is 3.97. The summed E-state index contributed by atoms with van der Waals surface area (Å²) in [5, 5.41) is 12.5. The minimum Gasteiger partial charge on any atom is -0.383 e. The van der Waals surface area contributed by atoms with Gasteiger partial charge in [0.25, 0.3) is 0 Å². The number of rotatable bonds is 2. The van der Waals surface area contributed by atoms with Gasteiger partial charge in [0, 0.05) is 5.38 Å². The van der Waals surface area contributed by atoms with E-state index in [1.807, 2.05) is 17.5 Å². The Morgan fingerprint density at radius 2 is 2.13 bits per heavy atom. The summed E-state index contributed by atoms with van der Waals surface area (Å²) in [5.41, 5.74) is 0.0880. The van der Waals surface area contributed by atoms with E-state index in [0.29, 0.717) is 0 Å². The zero-order valence-corrected chi connectivity index (χ0v) is 11.5. The average Bonchev–Trinajstić information content (AvgIpc) is 2.69. The van der Waals surface area contributed by atoms with Crippen LogP contribution in [0.5, 0.6) is 0 Å². The van der Waals surface area contributed by atoms with Gasteiger partial charge in [0.05, 0.1) is 14.4 Å². The van der Waals surface area contributed by atoms with Gasteiger partial charge in [0.2, 0.25) is 0 Å². The van der Waals surface area contributed by atoms with Crippen LogP contribution in [0.1, 0.15) is 18.9 Å². The lowest BCUT2D eigenvalue weighted by Crippen LogP contribution is -2.14. The van der Waals surface area contributed by atoms with E-state index in [2.05, 4.69) is 20.9 Å². The molecule has 0 saturated heterocycles. The molecular formula is C10H10BrNOS2. The van der Waals surface area contributed by atoms with Crippen LogP contribution in [0.3, 0.4) is 0 Å². The summed E-state index contributed by atoms with van der Waals surface area (Å²) in [6.07, 6.45) is 0. The summed E-state index contributed by atoms with van der Waals surface area (Å²) in [6.45, 7) is 3.50. The highest BCUT2D eigenvalue weighted by Gasteiger charge is 2.20. The van der Waals surface area contributed by atoms with Gasteiger partial charge in [-0.05, 0) is 41.9 Å². The molecule has 1 N–H and O–H groups in total. The van der Waals surface area contributed by atoms with E-state index < -0.39 is 5.60 Å². The molecule has 0 bridgehead atoms. The lowest BCUT2D eigenvalue weighted by Gasteiger charge is -2.12. The molecule has 0 amide bonds. The molecule has 2 rings (SSSR count). The predicted molar refractivity (Wildman–Crippen MR) is 68.4 cm³/mol. The van der Waals surface area contributed by atoms with Crippen molar-refractivity contribution in [2.24, 2.45) is 0 Å². The van der Waals surface area contributed by atoms with E-state index in [1.165, 1.54) is 11.3 Å². The third-order valence-electron chi connectivity index (χ3n) is 1.85. The summed E-state index contributed by atoms with van der Waals surface area (Å²) < 4.78 is 1.09. The first-order valence-corrected chi connectivity index (χ1v) is 6.90. The van der Waals surface area contributed by atoms with E-state index >= 15 is 0 Å². The largest absolute Gasteiger partial charge is 0.383 e. The molecule has 0 aromatic carbocycles. The van der Waals surface area contributed by atoms with Crippen molar-refractivity contribution in [3.8, 4) is 10.6 Å². The normalized spacial score (nSPS) is 12.0. The van der Waals surface area contributed by atoms with Gasteiger partial charge in [-0.3, -0.25) is 0 Å². The third kappa shape index (κ3) is 2.47. The summed E-state index contributed by atoms with van der Waals surface area (Å²) in [5.74, 6) is 0. The number of thiazole rings is 1. The molecule has 80 valence electrons. The number of halogens is 1. The summed E-state index contributed by atoms with van der Waals surface area (Å²) in [7, 11) is 0. The topological polar surface area (TPSA) is 33.1 Å². The standard InChI is InChI=1S/C10H10BrNOS2/c1-10(2,13)9-12-6(5-14-9)7-3-4-8(11)15-7/h3-5,13H,1-2H3. The Bertz CT molecular complexity index is 470. The number of hydrogen-bond acceptors (Lipinski definition) is 4. The Kier molecular flexibility index (Phi) is 2.98. The maximum atomic E-state index is 9.80. The van der Waals surface area contributed by atoms with E-state index in [0.717, 1.165) is 19.4 Å². The lowest BCUT2D eigenvalue weighted by molar-refractivity contribution is 0.0783. The number of aromatic nitrogens is 1. The Morgan fingerprint density at radius 1 is 1.40 bits per heavy atom. The molecule has 0 aliphatic rings. The maximum Gasteiger partial charge on any atom is 0.124 e. The zero-order valence-electron chi connectivity index (χ0n) is 8.32. The highest BCUT2D eigenvalue weighted by Crippen LogP contribution is 2.34. The highest BCUT2D eigenvalue weighted by molar-refractivity contribution is 9.11. The molecule has 0 aliphatic heterocycles. The maximum absolute atomic E-state index is 9.80. The van der Waals surface area contributed by atoms with E-state index in [9.17, 15) is 5.11 Å². The van der Waals surface area contributed by atoms with E-state index in [-0.39, 0.29) is 0 Å². The smallest absolute Gasteiger partial charge is 0.124 e. The summed E-state index contributed by atoms with van der Waals surface area (Å²) >= 11 is 6.56. The first-order chi connectivity index (χ1) is 6.97. The van der Waals surface area contributed by atoms with Crippen LogP contribution in [0.15, 0.2) is 21.3 Å². The van der Waals surface area contributed by atoms with Gasteiger partial charge in [0.15, 0.2) is 0 Å². The van der Waals surface area contributed by atoms with Gasteiger partial charge >= 0.3 is 0 Å². The molecular weight excluding hydrogens is 294 g/mol. The summed E-state index contributed by atoms with van der Waals surface area (Å²) in [4.78, 5) is 5.54. The molecule has 0 atom stereocenters. The molecule has 0 aliphatic carbocycles. The third-order valence-corrected chi connectivity index (χ3v) is 4.65. The van der Waals surface area contributed by atoms with Crippen molar-refractivity contribution in [2.75, 3.05) is 0 Å². The molecule has 5 heteroatoms. The monoisotopic (exact) mass is 303 g/mol. The lowest BCUT2D eigenvalue weighted by atomic mass is 10.1. The van der Waals surface area contributed by atoms with Crippen LogP contribution in [0.2, 0.25) is 0 Å². The minimum absolute atomic E-state index is 0.752. The van der Waals surface area contributed by atoms with E-state index in [4.69, 9.17) is 0 Å². The predicted octanol–water partition coefficient (Wildman–Crippen LogP) is 3.86. The fourth-order valence-corrected chi connectivity index (χ4v) is 3.38. The zero-order chi connectivity index (χ0) is 11.1. The van der Waals surface area contributed by atoms with Gasteiger partial charge in [0.1, 0.15) is 10.6 Å². The van der Waals surface area contributed by atoms with E-state index in [1.54, 1.807) is 25.2 Å². The van der Waals surface area contributed by atoms with Gasteiger partial charge in [-0.15, -0.1) is 22.7 Å². The number of nitrogens with zero attached hydrogens (tertiary/aromatic N) is 1. The molecule has 2 aromatic rings. The minimum atomic E-state index is -0.850. The molecule has 0 radical (unpaired) electrons. The fourth-order valence-electron chi connectivity index (χ4n) is 1.12. The number of hydrogen-bond donors (Lipinski definition) is 1. The van der Waals surface area contributed by atoms with Crippen molar-refractivity contribution in [3.05, 3.63) is 26.3 Å². The van der Waals surface area contributed by atoms with Gasteiger partial charge in [-0.25, -0.2) is 4.98 Å². The molecule has 2 aromatic heterocycles. The molecule has 2 heterocycles. The van der Waals surface area contributed by atoms with Crippen LogP contribution in [-0.2, 0) is 5.60 Å². The fraction of sp³-hybridized carbons (Fsp3) is 0.300. The van der Waals surface area contributed by atoms with Crippen molar-refractivity contribution >= 4 is 38.6 Å². The SMILES string of the molecule is CC(C)(O)c1nc(-c2ccc(Br)s2)cs1. The van der Waals surface area contributed by atoms with Crippen molar-refractivity contribution < 1.29 is 5.11 Å². The number of thiophene rings is 1. The van der Waals surface area contributed by atoms with Crippen molar-refractivity contribution in [3.63, 3.8) is 0 Å². The van der Waals surface area contributed by atoms with Crippen LogP contribution >= 0.6 is 38.6 Å². The van der Waals surface area contributed by atoms with Crippen LogP contribution < -0.4 is 0 Å². The molecule has 15 heavy (non-hydrogen) atoms. The molecule has 0 saturated carbocycles. The van der Waals surface area contributed by atoms with Crippen molar-refractivity contribution in [1.29, 1.82) is 0 Å². The van der Waals surface area contributed by atoms with Crippen LogP contribution in [0.4, 0.5) is 0 Å². The van der Waals surface area contributed by atoms with Crippen LogP contribution in [-0.4, -0.2) is 10.1 Å². The first kappa shape index (κ1) is 11.3. The van der Waals surface area contributed by atoms with Crippen molar-refractivity contribution in [2.45, 2.75) is 19.4 Å². The van der Waals surface area contributed by atoms with Crippen LogP contribution in [0.25, 0.3) is 10.6 Å². The Balaban J connectivity index is 2.36. The van der Waals surface area contributed by atoms with Gasteiger partial charge < -0.3 is 5.11 Å².